The van der Waals surface area contributed by atoms with E-state index in [1.165, 1.54) is 0 Å². The minimum atomic E-state index is -0.224. The van der Waals surface area contributed by atoms with Gasteiger partial charge >= 0.3 is 0 Å². The van der Waals surface area contributed by atoms with Crippen LogP contribution in [0.25, 0.3) is 0 Å². The van der Waals surface area contributed by atoms with Gasteiger partial charge in [0.1, 0.15) is 0 Å². The third kappa shape index (κ3) is 5.04. The van der Waals surface area contributed by atoms with E-state index in [0.717, 1.165) is 32.5 Å². The van der Waals surface area contributed by atoms with Crippen molar-refractivity contribution in [1.82, 2.24) is 10.6 Å². The number of rotatable bonds is 7. The molecule has 1 aliphatic heterocycles. The molecule has 0 aromatic heterocycles. The Morgan fingerprint density at radius 2 is 2.24 bits per heavy atom. The molecule has 100 valence electrons. The molecular weight excluding hydrogens is 216 g/mol. The van der Waals surface area contributed by atoms with Crippen molar-refractivity contribution in [1.29, 1.82) is 0 Å². The van der Waals surface area contributed by atoms with Crippen LogP contribution < -0.4 is 10.6 Å². The average Bonchev–Trinajstić information content (AvgIpc) is 2.71. The number of ether oxygens (including phenoxy) is 1. The van der Waals surface area contributed by atoms with E-state index < -0.39 is 0 Å². The maximum Gasteiger partial charge on any atom is 0.227 e. The van der Waals surface area contributed by atoms with Crippen LogP contribution in [0.3, 0.4) is 0 Å². The molecule has 1 rings (SSSR count). The zero-order chi connectivity index (χ0) is 12.7. The van der Waals surface area contributed by atoms with Crippen LogP contribution in [-0.4, -0.2) is 38.8 Å². The van der Waals surface area contributed by atoms with Gasteiger partial charge in [-0.3, -0.25) is 4.79 Å². The largest absolute Gasteiger partial charge is 0.380 e. The summed E-state index contributed by atoms with van der Waals surface area (Å²) >= 11 is 0. The fraction of sp³-hybridized carbons (Fsp3) is 0.923. The highest BCUT2D eigenvalue weighted by molar-refractivity contribution is 5.82. The first-order valence-corrected chi connectivity index (χ1v) is 6.61. The smallest absolute Gasteiger partial charge is 0.227 e. The lowest BCUT2D eigenvalue weighted by Crippen LogP contribution is -2.41. The highest BCUT2D eigenvalue weighted by Crippen LogP contribution is 2.24. The number of hydrogen-bond acceptors (Lipinski definition) is 3. The van der Waals surface area contributed by atoms with Gasteiger partial charge in [0.2, 0.25) is 5.91 Å². The summed E-state index contributed by atoms with van der Waals surface area (Å²) in [5, 5.41) is 6.17. The Kier molecular flexibility index (Phi) is 5.92. The highest BCUT2D eigenvalue weighted by Gasteiger charge is 2.35. The van der Waals surface area contributed by atoms with Crippen molar-refractivity contribution < 1.29 is 9.53 Å². The fourth-order valence-corrected chi connectivity index (χ4v) is 1.88. The van der Waals surface area contributed by atoms with Crippen molar-refractivity contribution in [2.45, 2.75) is 33.6 Å². The molecule has 2 N–H and O–H groups in total. The normalized spacial score (nSPS) is 24.2. The number of carbonyl (C=O) groups is 1. The van der Waals surface area contributed by atoms with Gasteiger partial charge < -0.3 is 15.4 Å². The lowest BCUT2D eigenvalue weighted by Gasteiger charge is -2.21. The second-order valence-corrected chi connectivity index (χ2v) is 5.54. The molecule has 0 aromatic carbocycles. The molecule has 0 radical (unpaired) electrons. The van der Waals surface area contributed by atoms with Gasteiger partial charge in [0.25, 0.3) is 0 Å². The molecule has 1 atom stereocenters. The zero-order valence-corrected chi connectivity index (χ0v) is 11.3. The van der Waals surface area contributed by atoms with E-state index in [1.807, 2.05) is 6.92 Å². The van der Waals surface area contributed by atoms with Gasteiger partial charge in [0.05, 0.1) is 12.0 Å². The van der Waals surface area contributed by atoms with Gasteiger partial charge in [-0.15, -0.1) is 0 Å². The molecule has 1 fully saturated rings. The Balaban J connectivity index is 2.04. The van der Waals surface area contributed by atoms with Crippen LogP contribution in [0.15, 0.2) is 0 Å². The predicted molar refractivity (Wildman–Crippen MR) is 68.9 cm³/mol. The van der Waals surface area contributed by atoms with Gasteiger partial charge in [-0.05, 0) is 32.2 Å². The van der Waals surface area contributed by atoms with E-state index in [0.29, 0.717) is 19.1 Å². The summed E-state index contributed by atoms with van der Waals surface area (Å²) in [5.41, 5.74) is -0.224. The number of nitrogens with one attached hydrogen (secondary N) is 2. The summed E-state index contributed by atoms with van der Waals surface area (Å²) in [6.45, 7) is 10.1. The Morgan fingerprint density at radius 3 is 2.82 bits per heavy atom. The summed E-state index contributed by atoms with van der Waals surface area (Å²) in [6, 6.07) is 0. The summed E-state index contributed by atoms with van der Waals surface area (Å²) in [4.78, 5) is 11.9. The number of amides is 1. The Labute approximate surface area is 104 Å². The van der Waals surface area contributed by atoms with Crippen LogP contribution in [0.5, 0.6) is 0 Å². The molecule has 1 aliphatic rings. The van der Waals surface area contributed by atoms with Crippen LogP contribution in [0, 0.1) is 11.3 Å². The Morgan fingerprint density at radius 1 is 1.47 bits per heavy atom. The molecule has 0 spiro atoms. The van der Waals surface area contributed by atoms with E-state index in [-0.39, 0.29) is 11.3 Å². The van der Waals surface area contributed by atoms with Crippen LogP contribution in [0.2, 0.25) is 0 Å². The third-order valence-electron chi connectivity index (χ3n) is 3.29. The van der Waals surface area contributed by atoms with Crippen molar-refractivity contribution in [3.63, 3.8) is 0 Å². The second-order valence-electron chi connectivity index (χ2n) is 5.54. The molecule has 1 saturated heterocycles. The van der Waals surface area contributed by atoms with E-state index in [4.69, 9.17) is 4.74 Å². The molecule has 17 heavy (non-hydrogen) atoms. The van der Waals surface area contributed by atoms with E-state index in [2.05, 4.69) is 24.5 Å². The lowest BCUT2D eigenvalue weighted by atomic mass is 9.89. The van der Waals surface area contributed by atoms with Crippen LogP contribution in [0.4, 0.5) is 0 Å². The first kappa shape index (κ1) is 14.5. The third-order valence-corrected chi connectivity index (χ3v) is 3.29. The molecule has 0 aromatic rings. The summed E-state index contributed by atoms with van der Waals surface area (Å²) in [5.74, 6) is 0.822. The maximum absolute atomic E-state index is 11.9. The molecule has 1 amide bonds. The maximum atomic E-state index is 11.9. The van der Waals surface area contributed by atoms with Crippen LogP contribution >= 0.6 is 0 Å². The molecule has 1 heterocycles. The van der Waals surface area contributed by atoms with E-state index in [9.17, 15) is 4.79 Å². The summed E-state index contributed by atoms with van der Waals surface area (Å²) < 4.78 is 5.46. The van der Waals surface area contributed by atoms with Gasteiger partial charge in [0, 0.05) is 19.7 Å². The van der Waals surface area contributed by atoms with Crippen LogP contribution in [0.1, 0.15) is 33.6 Å². The van der Waals surface area contributed by atoms with Crippen molar-refractivity contribution in [2.24, 2.45) is 11.3 Å². The van der Waals surface area contributed by atoms with Crippen molar-refractivity contribution >= 4 is 5.91 Å². The summed E-state index contributed by atoms with van der Waals surface area (Å²) in [7, 11) is 0. The quantitative estimate of drug-likeness (QED) is 0.659. The van der Waals surface area contributed by atoms with Crippen molar-refractivity contribution in [2.75, 3.05) is 32.8 Å². The molecule has 0 aliphatic carbocycles. The monoisotopic (exact) mass is 242 g/mol. The lowest BCUT2D eigenvalue weighted by molar-refractivity contribution is -0.129. The molecule has 0 saturated carbocycles. The zero-order valence-electron chi connectivity index (χ0n) is 11.3. The molecular formula is C13H26N2O2. The molecule has 4 nitrogen and oxygen atoms in total. The summed E-state index contributed by atoms with van der Waals surface area (Å²) in [6.07, 6.45) is 2.00. The molecule has 4 heteroatoms. The predicted octanol–water partition coefficient (Wildman–Crippen LogP) is 1.16. The average molecular weight is 242 g/mol. The number of hydrogen-bond donors (Lipinski definition) is 2. The molecule has 0 bridgehead atoms. The fourth-order valence-electron chi connectivity index (χ4n) is 1.88. The van der Waals surface area contributed by atoms with E-state index in [1.54, 1.807) is 0 Å². The molecule has 1 unspecified atom stereocenters. The number of carbonyl (C=O) groups excluding carboxylic acids is 1. The van der Waals surface area contributed by atoms with Crippen LogP contribution in [-0.2, 0) is 9.53 Å². The van der Waals surface area contributed by atoms with Gasteiger partial charge in [0.15, 0.2) is 0 Å². The first-order valence-electron chi connectivity index (χ1n) is 6.61. The van der Waals surface area contributed by atoms with Gasteiger partial charge in [-0.25, -0.2) is 0 Å². The minimum absolute atomic E-state index is 0.148. The second kappa shape index (κ2) is 6.97. The Bertz CT molecular complexity index is 236. The van der Waals surface area contributed by atoms with Crippen molar-refractivity contribution in [3.8, 4) is 0 Å². The topological polar surface area (TPSA) is 50.4 Å². The highest BCUT2D eigenvalue weighted by atomic mass is 16.5. The first-order chi connectivity index (χ1) is 8.04. The van der Waals surface area contributed by atoms with Crippen molar-refractivity contribution in [3.05, 3.63) is 0 Å². The Hall–Kier alpha value is -0.610. The van der Waals surface area contributed by atoms with Gasteiger partial charge in [-0.1, -0.05) is 13.8 Å². The van der Waals surface area contributed by atoms with E-state index >= 15 is 0 Å². The van der Waals surface area contributed by atoms with Gasteiger partial charge in [-0.2, -0.15) is 0 Å². The standard InChI is InChI=1S/C13H26N2O2/c1-11(2)4-8-17-9-7-15-12(16)13(3)5-6-14-10-13/h11,14H,4-10H2,1-3H3,(H,15,16). The minimum Gasteiger partial charge on any atom is -0.380 e. The SMILES string of the molecule is CC(C)CCOCCNC(=O)C1(C)CCNC1.